The Kier molecular flexibility index (Phi) is 7.14. The molecule has 3 aromatic rings. The average molecular weight is 449 g/mol. The van der Waals surface area contributed by atoms with E-state index in [1.165, 1.54) is 6.26 Å². The Morgan fingerprint density at radius 3 is 2.30 bits per heavy atom. The number of aliphatic imine (C=N–C) groups is 1. The van der Waals surface area contributed by atoms with Gasteiger partial charge in [-0.15, -0.1) is 0 Å². The van der Waals surface area contributed by atoms with E-state index in [-0.39, 0.29) is 5.91 Å². The van der Waals surface area contributed by atoms with Crippen molar-refractivity contribution in [1.82, 2.24) is 15.1 Å². The third-order valence-electron chi connectivity index (χ3n) is 5.48. The molecule has 1 fully saturated rings. The molecule has 0 spiro atoms. The van der Waals surface area contributed by atoms with Gasteiger partial charge in [0, 0.05) is 39.8 Å². The maximum Gasteiger partial charge on any atom is 0.289 e. The predicted octanol–water partition coefficient (Wildman–Crippen LogP) is 3.61. The van der Waals surface area contributed by atoms with Crippen molar-refractivity contribution in [3.05, 3.63) is 78.3 Å². The number of nitrogens with zero attached hydrogens (tertiary/aromatic N) is 3. The molecule has 0 radical (unpaired) electrons. The first kappa shape index (κ1) is 22.3. The number of guanidine groups is 1. The summed E-state index contributed by atoms with van der Waals surface area (Å²) in [6.45, 7) is 3.28. The summed E-state index contributed by atoms with van der Waals surface area (Å²) in [7, 11) is 3.40. The summed E-state index contributed by atoms with van der Waals surface area (Å²) in [5.74, 6) is 3.23. The van der Waals surface area contributed by atoms with Crippen LogP contribution < -0.4 is 14.8 Å². The van der Waals surface area contributed by atoms with E-state index in [9.17, 15) is 4.79 Å². The number of piperazine rings is 1. The van der Waals surface area contributed by atoms with Crippen LogP contribution in [-0.4, -0.2) is 62.0 Å². The quantitative estimate of drug-likeness (QED) is 0.458. The summed E-state index contributed by atoms with van der Waals surface area (Å²) in [6.07, 6.45) is 1.52. The standard InChI is InChI=1S/C25H28N4O4/c1-26-25(29-15-13-28(14-16-29)24(30)23-8-5-17-32-23)27-18-19-9-11-20(12-10-19)33-22-7-4-3-6-21(22)31-2/h3-12,17H,13-16,18H2,1-2H3,(H,26,27). The van der Waals surface area contributed by atoms with Gasteiger partial charge in [0.1, 0.15) is 5.75 Å². The summed E-state index contributed by atoms with van der Waals surface area (Å²) >= 11 is 0. The minimum atomic E-state index is -0.0713. The Labute approximate surface area is 193 Å². The molecule has 1 amide bonds. The van der Waals surface area contributed by atoms with Crippen LogP contribution in [0.25, 0.3) is 0 Å². The molecule has 33 heavy (non-hydrogen) atoms. The molecule has 1 N–H and O–H groups in total. The molecule has 1 aromatic heterocycles. The number of amides is 1. The Bertz CT molecular complexity index is 1070. The van der Waals surface area contributed by atoms with Gasteiger partial charge in [-0.2, -0.15) is 0 Å². The molecule has 1 aliphatic heterocycles. The van der Waals surface area contributed by atoms with Gasteiger partial charge in [-0.25, -0.2) is 0 Å². The van der Waals surface area contributed by atoms with Gasteiger partial charge in [0.15, 0.2) is 23.2 Å². The Morgan fingerprint density at radius 1 is 0.970 bits per heavy atom. The Hall–Kier alpha value is -3.94. The molecule has 0 bridgehead atoms. The molecule has 0 atom stereocenters. The third-order valence-corrected chi connectivity index (χ3v) is 5.48. The first-order chi connectivity index (χ1) is 16.2. The number of ether oxygens (including phenoxy) is 2. The van der Waals surface area contributed by atoms with Crippen molar-refractivity contribution in [1.29, 1.82) is 0 Å². The first-order valence-electron chi connectivity index (χ1n) is 10.9. The Balaban J connectivity index is 1.28. The fraction of sp³-hybridized carbons (Fsp3) is 0.280. The minimum absolute atomic E-state index is 0.0713. The van der Waals surface area contributed by atoms with E-state index < -0.39 is 0 Å². The van der Waals surface area contributed by atoms with Gasteiger partial charge in [-0.1, -0.05) is 24.3 Å². The van der Waals surface area contributed by atoms with Crippen molar-refractivity contribution in [2.75, 3.05) is 40.3 Å². The van der Waals surface area contributed by atoms with Crippen molar-refractivity contribution >= 4 is 11.9 Å². The number of nitrogens with one attached hydrogen (secondary N) is 1. The van der Waals surface area contributed by atoms with Crippen LogP contribution in [0, 0.1) is 0 Å². The molecule has 0 aliphatic carbocycles. The van der Waals surface area contributed by atoms with Crippen LogP contribution in [0.1, 0.15) is 16.1 Å². The van der Waals surface area contributed by atoms with Gasteiger partial charge in [0.25, 0.3) is 5.91 Å². The van der Waals surface area contributed by atoms with E-state index >= 15 is 0 Å². The Morgan fingerprint density at radius 2 is 1.67 bits per heavy atom. The van der Waals surface area contributed by atoms with Crippen molar-refractivity contribution in [2.45, 2.75) is 6.54 Å². The van der Waals surface area contributed by atoms with Crippen molar-refractivity contribution in [3.63, 3.8) is 0 Å². The number of hydrogen-bond donors (Lipinski definition) is 1. The number of carbonyl (C=O) groups excluding carboxylic acids is 1. The van der Waals surface area contributed by atoms with Crippen LogP contribution in [0.15, 0.2) is 76.3 Å². The average Bonchev–Trinajstić information content (AvgIpc) is 3.41. The van der Waals surface area contributed by atoms with E-state index in [2.05, 4.69) is 15.2 Å². The molecule has 8 heteroatoms. The number of methoxy groups -OCH3 is 1. The van der Waals surface area contributed by atoms with Crippen LogP contribution in [0.3, 0.4) is 0 Å². The van der Waals surface area contributed by atoms with E-state index in [0.29, 0.717) is 50.0 Å². The molecule has 1 saturated heterocycles. The van der Waals surface area contributed by atoms with Gasteiger partial charge in [0.05, 0.1) is 13.4 Å². The number of furan rings is 1. The van der Waals surface area contributed by atoms with Crippen LogP contribution in [-0.2, 0) is 6.54 Å². The normalized spacial score (nSPS) is 14.2. The lowest BCUT2D eigenvalue weighted by Gasteiger charge is -2.36. The highest BCUT2D eigenvalue weighted by atomic mass is 16.5. The van der Waals surface area contributed by atoms with E-state index in [1.54, 1.807) is 26.3 Å². The van der Waals surface area contributed by atoms with Crippen LogP contribution in [0.5, 0.6) is 17.2 Å². The zero-order chi connectivity index (χ0) is 23.0. The molecule has 1 aliphatic rings. The largest absolute Gasteiger partial charge is 0.493 e. The fourth-order valence-corrected chi connectivity index (χ4v) is 3.70. The highest BCUT2D eigenvalue weighted by Gasteiger charge is 2.25. The lowest BCUT2D eigenvalue weighted by molar-refractivity contribution is 0.0657. The number of rotatable bonds is 6. The fourth-order valence-electron chi connectivity index (χ4n) is 3.70. The number of carbonyl (C=O) groups is 1. The monoisotopic (exact) mass is 448 g/mol. The van der Waals surface area contributed by atoms with Crippen molar-refractivity contribution < 1.29 is 18.7 Å². The first-order valence-corrected chi connectivity index (χ1v) is 10.9. The topological polar surface area (TPSA) is 79.5 Å². The van der Waals surface area contributed by atoms with Crippen molar-refractivity contribution in [2.24, 2.45) is 4.99 Å². The zero-order valence-corrected chi connectivity index (χ0v) is 18.9. The van der Waals surface area contributed by atoms with Crippen LogP contribution in [0.2, 0.25) is 0 Å². The van der Waals surface area contributed by atoms with Crippen LogP contribution in [0.4, 0.5) is 0 Å². The SMILES string of the molecule is CN=C(NCc1ccc(Oc2ccccc2OC)cc1)N1CCN(C(=O)c2ccco2)CC1. The van der Waals surface area contributed by atoms with Gasteiger partial charge in [-0.05, 0) is 42.0 Å². The zero-order valence-electron chi connectivity index (χ0n) is 18.9. The summed E-state index contributed by atoms with van der Waals surface area (Å²) in [4.78, 5) is 20.8. The molecule has 2 heterocycles. The molecule has 0 unspecified atom stereocenters. The summed E-state index contributed by atoms with van der Waals surface area (Å²) in [5, 5.41) is 3.41. The molecular formula is C25H28N4O4. The third kappa shape index (κ3) is 5.46. The van der Waals surface area contributed by atoms with Gasteiger partial charge >= 0.3 is 0 Å². The minimum Gasteiger partial charge on any atom is -0.493 e. The second-order valence-electron chi connectivity index (χ2n) is 7.55. The second-order valence-corrected chi connectivity index (χ2v) is 7.55. The summed E-state index contributed by atoms with van der Waals surface area (Å²) in [5.41, 5.74) is 1.11. The van der Waals surface area contributed by atoms with Gasteiger partial charge < -0.3 is 29.0 Å². The number of hydrogen-bond acceptors (Lipinski definition) is 5. The van der Waals surface area contributed by atoms with Crippen LogP contribution >= 0.6 is 0 Å². The molecular weight excluding hydrogens is 420 g/mol. The van der Waals surface area contributed by atoms with E-state index in [4.69, 9.17) is 13.9 Å². The predicted molar refractivity (Wildman–Crippen MR) is 126 cm³/mol. The molecule has 8 nitrogen and oxygen atoms in total. The molecule has 172 valence electrons. The highest BCUT2D eigenvalue weighted by molar-refractivity contribution is 5.91. The highest BCUT2D eigenvalue weighted by Crippen LogP contribution is 2.30. The second kappa shape index (κ2) is 10.6. The summed E-state index contributed by atoms with van der Waals surface area (Å²) < 4.78 is 16.5. The lowest BCUT2D eigenvalue weighted by Crippen LogP contribution is -2.53. The molecule has 4 rings (SSSR count). The number of para-hydroxylation sites is 2. The molecule has 2 aromatic carbocycles. The smallest absolute Gasteiger partial charge is 0.289 e. The lowest BCUT2D eigenvalue weighted by atomic mass is 10.2. The maximum absolute atomic E-state index is 12.4. The number of benzene rings is 2. The van der Waals surface area contributed by atoms with Crippen molar-refractivity contribution in [3.8, 4) is 17.2 Å². The van der Waals surface area contributed by atoms with Gasteiger partial charge in [0.2, 0.25) is 0 Å². The maximum atomic E-state index is 12.4. The molecule has 0 saturated carbocycles. The van der Waals surface area contributed by atoms with E-state index in [0.717, 1.165) is 17.3 Å². The van der Waals surface area contributed by atoms with E-state index in [1.807, 2.05) is 53.4 Å². The van der Waals surface area contributed by atoms with Gasteiger partial charge in [-0.3, -0.25) is 9.79 Å². The summed E-state index contributed by atoms with van der Waals surface area (Å²) in [6, 6.07) is 18.9.